The fraction of sp³-hybridized carbons (Fsp3) is 0.0769. The average Bonchev–Trinajstić information content (AvgIpc) is 2.86. The Hall–Kier alpha value is -3.35. The molecule has 7 nitrogen and oxygen atoms in total. The standard InChI is InChI=1S/C26H23N5O2.2Co/c32-25(30-23-9-13-27-14-10-23)21-5-1-19(2-6-21)17-29-18-20-3-7-22(8-4-20)26(33)31-24-11-15-28-16-12-24;;/h1-16,29H,17-18H2,(H,27,30,32)(H,28,31,33);;. The number of carbonyl (C=O) groups excluding carboxylic acids is 2. The molecule has 0 saturated carbocycles. The van der Waals surface area contributed by atoms with Gasteiger partial charge in [-0.05, 0) is 59.7 Å². The molecule has 0 atom stereocenters. The zero-order chi connectivity index (χ0) is 22.9. The van der Waals surface area contributed by atoms with Crippen LogP contribution in [0.4, 0.5) is 11.4 Å². The van der Waals surface area contributed by atoms with Gasteiger partial charge in [0.05, 0.1) is 0 Å². The summed E-state index contributed by atoms with van der Waals surface area (Å²) in [6.45, 7) is 1.33. The minimum absolute atomic E-state index is 0. The molecular formula is C26H23Co2N5O2. The largest absolute Gasteiger partial charge is 0.322 e. The van der Waals surface area contributed by atoms with E-state index in [0.29, 0.717) is 35.6 Å². The van der Waals surface area contributed by atoms with Gasteiger partial charge >= 0.3 is 0 Å². The summed E-state index contributed by atoms with van der Waals surface area (Å²) in [5.74, 6) is -0.317. The van der Waals surface area contributed by atoms with E-state index >= 15 is 0 Å². The third kappa shape index (κ3) is 8.43. The van der Waals surface area contributed by atoms with Crippen LogP contribution in [0, 0.1) is 0 Å². The zero-order valence-electron chi connectivity index (χ0n) is 18.5. The monoisotopic (exact) mass is 555 g/mol. The second kappa shape index (κ2) is 14.1. The number of anilines is 2. The first kappa shape index (κ1) is 27.9. The molecule has 3 N–H and O–H groups in total. The van der Waals surface area contributed by atoms with Crippen LogP contribution < -0.4 is 16.0 Å². The van der Waals surface area contributed by atoms with E-state index in [1.165, 1.54) is 0 Å². The molecule has 0 spiro atoms. The second-order valence-corrected chi connectivity index (χ2v) is 7.38. The first-order valence-corrected chi connectivity index (χ1v) is 10.5. The van der Waals surface area contributed by atoms with E-state index < -0.39 is 0 Å². The number of hydrogen-bond acceptors (Lipinski definition) is 5. The molecule has 0 aliphatic carbocycles. The van der Waals surface area contributed by atoms with Crippen LogP contribution in [0.3, 0.4) is 0 Å². The summed E-state index contributed by atoms with van der Waals surface area (Å²) in [6, 6.07) is 21.9. The maximum atomic E-state index is 12.3. The summed E-state index contributed by atoms with van der Waals surface area (Å²) in [5.41, 5.74) is 4.75. The molecule has 2 amide bonds. The fourth-order valence-electron chi connectivity index (χ4n) is 3.18. The molecule has 0 aliphatic rings. The van der Waals surface area contributed by atoms with Crippen LogP contribution in [-0.2, 0) is 46.6 Å². The van der Waals surface area contributed by atoms with Gasteiger partial charge in [-0.3, -0.25) is 19.6 Å². The number of carbonyl (C=O) groups is 2. The Balaban J connectivity index is 0.00000216. The summed E-state index contributed by atoms with van der Waals surface area (Å²) in [6.07, 6.45) is 6.54. The minimum atomic E-state index is -0.159. The van der Waals surface area contributed by atoms with Crippen molar-refractivity contribution in [2.24, 2.45) is 0 Å². The predicted molar refractivity (Wildman–Crippen MR) is 128 cm³/mol. The number of aromatic nitrogens is 2. The van der Waals surface area contributed by atoms with Crippen LogP contribution in [0.1, 0.15) is 31.8 Å². The van der Waals surface area contributed by atoms with Crippen molar-refractivity contribution >= 4 is 23.2 Å². The Morgan fingerprint density at radius 1 is 0.543 bits per heavy atom. The average molecular weight is 555 g/mol. The molecular weight excluding hydrogens is 532 g/mol. The van der Waals surface area contributed by atoms with Crippen LogP contribution >= 0.6 is 0 Å². The Morgan fingerprint density at radius 3 is 1.23 bits per heavy atom. The summed E-state index contributed by atoms with van der Waals surface area (Å²) in [7, 11) is 0. The second-order valence-electron chi connectivity index (χ2n) is 7.38. The quantitative estimate of drug-likeness (QED) is 0.302. The zero-order valence-corrected chi connectivity index (χ0v) is 20.6. The van der Waals surface area contributed by atoms with Gasteiger partial charge in [0.1, 0.15) is 0 Å². The van der Waals surface area contributed by atoms with E-state index in [1.807, 2.05) is 48.5 Å². The molecule has 2 radical (unpaired) electrons. The van der Waals surface area contributed by atoms with Gasteiger partial charge in [0.2, 0.25) is 0 Å². The van der Waals surface area contributed by atoms with Crippen LogP contribution in [-0.4, -0.2) is 21.8 Å². The third-order valence-corrected chi connectivity index (χ3v) is 4.97. The van der Waals surface area contributed by atoms with Crippen molar-refractivity contribution in [2.45, 2.75) is 13.1 Å². The van der Waals surface area contributed by atoms with E-state index in [-0.39, 0.29) is 45.4 Å². The number of hydrogen-bond donors (Lipinski definition) is 3. The van der Waals surface area contributed by atoms with Crippen molar-refractivity contribution in [3.05, 3.63) is 120 Å². The summed E-state index contributed by atoms with van der Waals surface area (Å²) >= 11 is 0. The number of nitrogens with zero attached hydrogens (tertiary/aromatic N) is 2. The Morgan fingerprint density at radius 2 is 0.886 bits per heavy atom. The van der Waals surface area contributed by atoms with Crippen molar-refractivity contribution in [1.29, 1.82) is 0 Å². The first-order valence-electron chi connectivity index (χ1n) is 10.5. The summed E-state index contributed by atoms with van der Waals surface area (Å²) in [5, 5.41) is 9.06. The van der Waals surface area contributed by atoms with Crippen molar-refractivity contribution in [3.8, 4) is 0 Å². The van der Waals surface area contributed by atoms with Gasteiger partial charge in [-0.1, -0.05) is 24.3 Å². The van der Waals surface area contributed by atoms with Crippen LogP contribution in [0.5, 0.6) is 0 Å². The molecule has 0 bridgehead atoms. The normalized spacial score (nSPS) is 9.83. The van der Waals surface area contributed by atoms with Crippen LogP contribution in [0.25, 0.3) is 0 Å². The number of amides is 2. The van der Waals surface area contributed by atoms with Gasteiger partial charge in [0.15, 0.2) is 0 Å². The number of nitrogens with one attached hydrogen (secondary N) is 3. The molecule has 9 heteroatoms. The molecule has 2 heterocycles. The van der Waals surface area contributed by atoms with Crippen LogP contribution in [0.2, 0.25) is 0 Å². The van der Waals surface area contributed by atoms with Gasteiger partial charge in [-0.15, -0.1) is 0 Å². The minimum Gasteiger partial charge on any atom is -0.322 e. The SMILES string of the molecule is O=C(Nc1ccncc1)c1ccc(CNCc2ccc(C(=O)Nc3ccncc3)cc2)cc1.[Co].[Co]. The molecule has 35 heavy (non-hydrogen) atoms. The molecule has 182 valence electrons. The number of benzene rings is 2. The first-order chi connectivity index (χ1) is 16.2. The molecule has 2 aromatic heterocycles. The van der Waals surface area contributed by atoms with Crippen LogP contribution in [0.15, 0.2) is 97.6 Å². The van der Waals surface area contributed by atoms with E-state index in [9.17, 15) is 9.59 Å². The predicted octanol–water partition coefficient (Wildman–Crippen LogP) is 4.27. The van der Waals surface area contributed by atoms with Crippen molar-refractivity contribution in [1.82, 2.24) is 15.3 Å². The molecule has 0 unspecified atom stereocenters. The molecule has 4 rings (SSSR count). The summed E-state index contributed by atoms with van der Waals surface area (Å²) in [4.78, 5) is 32.5. The van der Waals surface area contributed by atoms with Gasteiger partial charge in [-0.2, -0.15) is 0 Å². The number of rotatable bonds is 8. The fourth-order valence-corrected chi connectivity index (χ4v) is 3.18. The van der Waals surface area contributed by atoms with E-state index in [1.54, 1.807) is 49.1 Å². The Bertz CT molecular complexity index is 1110. The van der Waals surface area contributed by atoms with E-state index in [0.717, 1.165) is 11.1 Å². The molecule has 4 aromatic rings. The Labute approximate surface area is 224 Å². The third-order valence-electron chi connectivity index (χ3n) is 4.97. The van der Waals surface area contributed by atoms with Gasteiger partial charge in [-0.25, -0.2) is 0 Å². The summed E-state index contributed by atoms with van der Waals surface area (Å²) < 4.78 is 0. The topological polar surface area (TPSA) is 96.0 Å². The van der Waals surface area contributed by atoms with Gasteiger partial charge in [0, 0.05) is 93.9 Å². The maximum absolute atomic E-state index is 12.3. The smallest absolute Gasteiger partial charge is 0.255 e. The van der Waals surface area contributed by atoms with E-state index in [2.05, 4.69) is 25.9 Å². The van der Waals surface area contributed by atoms with Gasteiger partial charge < -0.3 is 16.0 Å². The van der Waals surface area contributed by atoms with Gasteiger partial charge in [0.25, 0.3) is 11.8 Å². The Kier molecular flexibility index (Phi) is 11.3. The van der Waals surface area contributed by atoms with Crippen molar-refractivity contribution < 1.29 is 43.1 Å². The van der Waals surface area contributed by atoms with E-state index in [4.69, 9.17) is 0 Å². The molecule has 0 fully saturated rings. The number of pyridine rings is 2. The molecule has 0 aliphatic heterocycles. The maximum Gasteiger partial charge on any atom is 0.255 e. The van der Waals surface area contributed by atoms with Crippen molar-refractivity contribution in [3.63, 3.8) is 0 Å². The molecule has 0 saturated heterocycles. The van der Waals surface area contributed by atoms with Crippen molar-refractivity contribution in [2.75, 3.05) is 10.6 Å². The molecule has 2 aromatic carbocycles.